The summed E-state index contributed by atoms with van der Waals surface area (Å²) < 4.78 is 20.2. The summed E-state index contributed by atoms with van der Waals surface area (Å²) in [5.41, 5.74) is 7.36. The van der Waals surface area contributed by atoms with Gasteiger partial charge in [-0.3, -0.25) is 0 Å². The van der Waals surface area contributed by atoms with Gasteiger partial charge in [-0.1, -0.05) is 18.2 Å². The molecule has 0 bridgehead atoms. The molecular formula is C17H12FN5O. The normalized spacial score (nSPS) is 10.9. The van der Waals surface area contributed by atoms with Crippen molar-refractivity contribution in [2.45, 2.75) is 0 Å². The largest absolute Gasteiger partial charge is 0.424 e. The van der Waals surface area contributed by atoms with Gasteiger partial charge in [0.2, 0.25) is 0 Å². The highest BCUT2D eigenvalue weighted by Crippen LogP contribution is 2.25. The number of nitrogens with zero attached hydrogens (tertiary/aromatic N) is 4. The number of ether oxygens (including phenoxy) is 1. The molecule has 0 spiro atoms. The topological polar surface area (TPSA) is 78.8 Å². The fraction of sp³-hybridized carbons (Fsp3) is 0. The van der Waals surface area contributed by atoms with E-state index in [0.717, 1.165) is 5.69 Å². The first kappa shape index (κ1) is 14.1. The second-order valence-electron chi connectivity index (χ2n) is 5.08. The Morgan fingerprint density at radius 3 is 2.46 bits per heavy atom. The van der Waals surface area contributed by atoms with Crippen LogP contribution >= 0.6 is 0 Å². The van der Waals surface area contributed by atoms with Crippen LogP contribution in [0.2, 0.25) is 0 Å². The molecule has 0 radical (unpaired) electrons. The van der Waals surface area contributed by atoms with Crippen molar-refractivity contribution >= 4 is 16.9 Å². The van der Waals surface area contributed by atoms with Crippen molar-refractivity contribution in [2.75, 3.05) is 5.73 Å². The minimum atomic E-state index is -0.347. The molecule has 0 atom stereocenters. The van der Waals surface area contributed by atoms with E-state index in [-0.39, 0.29) is 17.6 Å². The van der Waals surface area contributed by atoms with Crippen LogP contribution in [0.3, 0.4) is 0 Å². The highest BCUT2D eigenvalue weighted by molar-refractivity contribution is 5.86. The van der Waals surface area contributed by atoms with Crippen molar-refractivity contribution in [1.82, 2.24) is 19.7 Å². The zero-order chi connectivity index (χ0) is 16.5. The monoisotopic (exact) mass is 321 g/mol. The van der Waals surface area contributed by atoms with E-state index in [1.165, 1.54) is 24.3 Å². The van der Waals surface area contributed by atoms with E-state index < -0.39 is 0 Å². The van der Waals surface area contributed by atoms with Gasteiger partial charge in [-0.2, -0.15) is 15.1 Å². The van der Waals surface area contributed by atoms with E-state index in [4.69, 9.17) is 10.5 Å². The summed E-state index contributed by atoms with van der Waals surface area (Å²) in [6, 6.07) is 15.2. The van der Waals surface area contributed by atoms with Crippen molar-refractivity contribution in [3.63, 3.8) is 0 Å². The second-order valence-corrected chi connectivity index (χ2v) is 5.08. The number of hydrogen-bond acceptors (Lipinski definition) is 5. The number of nitrogen functional groups attached to an aromatic ring is 1. The van der Waals surface area contributed by atoms with Crippen LogP contribution in [0.25, 0.3) is 16.7 Å². The van der Waals surface area contributed by atoms with Crippen LogP contribution in [0.5, 0.6) is 11.8 Å². The number of nitrogens with two attached hydrogens (primary N) is 1. The Kier molecular flexibility index (Phi) is 3.31. The molecule has 0 unspecified atom stereocenters. The lowest BCUT2D eigenvalue weighted by atomic mass is 10.3. The molecule has 0 saturated carbocycles. The van der Waals surface area contributed by atoms with Crippen LogP contribution in [-0.4, -0.2) is 19.7 Å². The fourth-order valence-electron chi connectivity index (χ4n) is 2.32. The number of halogens is 1. The van der Waals surface area contributed by atoms with Crippen LogP contribution in [0.4, 0.5) is 10.2 Å². The lowest BCUT2D eigenvalue weighted by molar-refractivity contribution is 0.443. The van der Waals surface area contributed by atoms with Gasteiger partial charge in [-0.05, 0) is 36.4 Å². The van der Waals surface area contributed by atoms with Crippen molar-refractivity contribution in [3.8, 4) is 17.4 Å². The minimum Gasteiger partial charge on any atom is -0.424 e. The molecule has 2 N–H and O–H groups in total. The van der Waals surface area contributed by atoms with Crippen LogP contribution in [-0.2, 0) is 0 Å². The van der Waals surface area contributed by atoms with Crippen LogP contribution in [0.1, 0.15) is 0 Å². The number of hydrogen-bond donors (Lipinski definition) is 1. The van der Waals surface area contributed by atoms with E-state index in [1.807, 2.05) is 30.3 Å². The third-order valence-corrected chi connectivity index (χ3v) is 3.46. The molecular weight excluding hydrogens is 309 g/mol. The van der Waals surface area contributed by atoms with Crippen molar-refractivity contribution in [2.24, 2.45) is 0 Å². The van der Waals surface area contributed by atoms with Gasteiger partial charge >= 0.3 is 6.01 Å². The Hall–Kier alpha value is -3.48. The maximum atomic E-state index is 13.0. The molecule has 7 heteroatoms. The molecule has 0 amide bonds. The summed E-state index contributed by atoms with van der Waals surface area (Å²) >= 11 is 0. The minimum absolute atomic E-state index is 0.0734. The number of anilines is 1. The van der Waals surface area contributed by atoms with Gasteiger partial charge in [-0.15, -0.1) is 0 Å². The smallest absolute Gasteiger partial charge is 0.326 e. The molecule has 0 aliphatic carbocycles. The molecule has 0 aliphatic rings. The first-order valence-electron chi connectivity index (χ1n) is 7.21. The predicted molar refractivity (Wildman–Crippen MR) is 87.5 cm³/mol. The maximum Gasteiger partial charge on any atom is 0.326 e. The first-order valence-corrected chi connectivity index (χ1v) is 7.21. The molecule has 0 fully saturated rings. The number of aromatic nitrogens is 4. The van der Waals surface area contributed by atoms with Crippen LogP contribution in [0, 0.1) is 5.82 Å². The molecule has 118 valence electrons. The van der Waals surface area contributed by atoms with Crippen molar-refractivity contribution < 1.29 is 9.13 Å². The van der Waals surface area contributed by atoms with E-state index >= 15 is 0 Å². The van der Waals surface area contributed by atoms with Gasteiger partial charge < -0.3 is 10.5 Å². The molecule has 6 nitrogen and oxygen atoms in total. The van der Waals surface area contributed by atoms with E-state index in [1.54, 1.807) is 10.9 Å². The van der Waals surface area contributed by atoms with Crippen molar-refractivity contribution in [3.05, 3.63) is 66.6 Å². The number of fused-ring (bicyclic) bond motifs is 1. The molecule has 4 aromatic rings. The van der Waals surface area contributed by atoms with Gasteiger partial charge in [0, 0.05) is 0 Å². The van der Waals surface area contributed by atoms with Gasteiger partial charge in [0.05, 0.1) is 17.3 Å². The highest BCUT2D eigenvalue weighted by atomic mass is 19.1. The summed E-state index contributed by atoms with van der Waals surface area (Å²) in [6.45, 7) is 0. The Labute approximate surface area is 136 Å². The van der Waals surface area contributed by atoms with Gasteiger partial charge in [0.25, 0.3) is 0 Å². The van der Waals surface area contributed by atoms with E-state index in [2.05, 4.69) is 15.1 Å². The Bertz CT molecular complexity index is 999. The summed E-state index contributed by atoms with van der Waals surface area (Å²) in [6.07, 6.45) is 1.61. The average Bonchev–Trinajstić information content (AvgIpc) is 3.02. The summed E-state index contributed by atoms with van der Waals surface area (Å²) in [5.74, 6) is 0.334. The zero-order valence-corrected chi connectivity index (χ0v) is 12.4. The number of para-hydroxylation sites is 1. The molecule has 0 saturated heterocycles. The van der Waals surface area contributed by atoms with Crippen LogP contribution in [0.15, 0.2) is 60.8 Å². The molecule has 2 aromatic carbocycles. The van der Waals surface area contributed by atoms with Gasteiger partial charge in [-0.25, -0.2) is 9.07 Å². The fourth-order valence-corrected chi connectivity index (χ4v) is 2.32. The predicted octanol–water partition coefficient (Wildman–Crippen LogP) is 3.33. The Morgan fingerprint density at radius 2 is 1.71 bits per heavy atom. The molecule has 4 rings (SSSR count). The van der Waals surface area contributed by atoms with Gasteiger partial charge in [0.15, 0.2) is 5.65 Å². The summed E-state index contributed by atoms with van der Waals surface area (Å²) in [5, 5.41) is 4.95. The second kappa shape index (κ2) is 5.62. The Morgan fingerprint density at radius 1 is 0.958 bits per heavy atom. The molecule has 0 aliphatic heterocycles. The third-order valence-electron chi connectivity index (χ3n) is 3.46. The molecule has 24 heavy (non-hydrogen) atoms. The lowest BCUT2D eigenvalue weighted by Gasteiger charge is -2.07. The average molecular weight is 321 g/mol. The summed E-state index contributed by atoms with van der Waals surface area (Å²) in [4.78, 5) is 8.51. The third kappa shape index (κ3) is 2.52. The number of benzene rings is 2. The summed E-state index contributed by atoms with van der Waals surface area (Å²) in [7, 11) is 0. The van der Waals surface area contributed by atoms with E-state index in [0.29, 0.717) is 16.8 Å². The SMILES string of the molecule is Nc1nc(Oc2ccc(F)cc2)nc2c1cnn2-c1ccccc1. The standard InChI is InChI=1S/C17H12FN5O/c18-11-6-8-13(9-7-11)24-17-21-15(19)14-10-20-23(16(14)22-17)12-4-2-1-3-5-12/h1-10H,(H2,19,21,22). The Balaban J connectivity index is 1.79. The maximum absolute atomic E-state index is 13.0. The first-order chi connectivity index (χ1) is 11.7. The molecule has 2 heterocycles. The van der Waals surface area contributed by atoms with Crippen molar-refractivity contribution in [1.29, 1.82) is 0 Å². The van der Waals surface area contributed by atoms with E-state index in [9.17, 15) is 4.39 Å². The molecule has 2 aromatic heterocycles. The van der Waals surface area contributed by atoms with Gasteiger partial charge in [0.1, 0.15) is 17.4 Å². The highest BCUT2D eigenvalue weighted by Gasteiger charge is 2.13. The number of rotatable bonds is 3. The lowest BCUT2D eigenvalue weighted by Crippen LogP contribution is -2.01. The quantitative estimate of drug-likeness (QED) is 0.626. The zero-order valence-electron chi connectivity index (χ0n) is 12.4. The van der Waals surface area contributed by atoms with Crippen LogP contribution < -0.4 is 10.5 Å².